The molecule has 4 nitrogen and oxygen atoms in total. The summed E-state index contributed by atoms with van der Waals surface area (Å²) < 4.78 is 0. The molecule has 0 aromatic heterocycles. The highest BCUT2D eigenvalue weighted by Crippen LogP contribution is 2.24. The fraction of sp³-hybridized carbons (Fsp3) is 0.118. The van der Waals surface area contributed by atoms with Crippen LogP contribution < -0.4 is 17.0 Å². The van der Waals surface area contributed by atoms with E-state index in [1.54, 1.807) is 0 Å². The Hall–Kier alpha value is -2.77. The van der Waals surface area contributed by atoms with E-state index >= 15 is 0 Å². The molecule has 0 aliphatic carbocycles. The predicted octanol–water partition coefficient (Wildman–Crippen LogP) is 2.58. The first kappa shape index (κ1) is 14.6. The first-order valence-electron chi connectivity index (χ1n) is 6.61. The number of rotatable bonds is 3. The normalized spacial score (nSPS) is 11.5. The van der Waals surface area contributed by atoms with E-state index in [9.17, 15) is 0 Å². The van der Waals surface area contributed by atoms with Crippen LogP contribution in [0.5, 0.6) is 0 Å². The van der Waals surface area contributed by atoms with Gasteiger partial charge >= 0.3 is 0 Å². The number of hydrogen-bond donors (Lipinski definition) is 3. The second-order valence-corrected chi connectivity index (χ2v) is 4.92. The molecule has 0 bridgehead atoms. The molecule has 0 unspecified atom stereocenters. The molecule has 5 N–H and O–H groups in total. The lowest BCUT2D eigenvalue weighted by atomic mass is 9.99. The minimum atomic E-state index is 0.161. The molecule has 0 saturated heterocycles. The van der Waals surface area contributed by atoms with Crippen LogP contribution >= 0.6 is 0 Å². The third-order valence-electron chi connectivity index (χ3n) is 3.56. The van der Waals surface area contributed by atoms with E-state index in [2.05, 4.69) is 37.5 Å². The van der Waals surface area contributed by atoms with E-state index in [-0.39, 0.29) is 5.70 Å². The highest BCUT2D eigenvalue weighted by molar-refractivity contribution is 5.72. The van der Waals surface area contributed by atoms with Crippen molar-refractivity contribution in [3.63, 3.8) is 0 Å². The highest BCUT2D eigenvalue weighted by Gasteiger charge is 2.05. The largest absolute Gasteiger partial charge is 0.396 e. The second-order valence-electron chi connectivity index (χ2n) is 4.92. The van der Waals surface area contributed by atoms with Crippen molar-refractivity contribution in [2.75, 3.05) is 0 Å². The number of hydrazine groups is 1. The van der Waals surface area contributed by atoms with Gasteiger partial charge in [0.2, 0.25) is 0 Å². The molecule has 2 aromatic carbocycles. The summed E-state index contributed by atoms with van der Waals surface area (Å²) in [5, 5.41) is 8.92. The number of nitrogens with two attached hydrogens (primary N) is 2. The fourth-order valence-electron chi connectivity index (χ4n) is 2.08. The average molecular weight is 278 g/mol. The summed E-state index contributed by atoms with van der Waals surface area (Å²) in [4.78, 5) is 0. The summed E-state index contributed by atoms with van der Waals surface area (Å²) in [5.74, 6) is 5.26. The molecule has 0 aliphatic heterocycles. The van der Waals surface area contributed by atoms with Crippen LogP contribution in [0.3, 0.4) is 0 Å². The summed E-state index contributed by atoms with van der Waals surface area (Å²) in [5.41, 5.74) is 14.3. The van der Waals surface area contributed by atoms with E-state index < -0.39 is 0 Å². The minimum absolute atomic E-state index is 0.161. The molecule has 4 heteroatoms. The highest BCUT2D eigenvalue weighted by atomic mass is 15.2. The Bertz CT molecular complexity index is 721. The minimum Gasteiger partial charge on any atom is -0.396 e. The van der Waals surface area contributed by atoms with Gasteiger partial charge in [-0.1, -0.05) is 42.5 Å². The van der Waals surface area contributed by atoms with Crippen LogP contribution in [0.2, 0.25) is 0 Å². The molecule has 0 amide bonds. The average Bonchev–Trinajstić information content (AvgIpc) is 2.51. The van der Waals surface area contributed by atoms with Gasteiger partial charge < -0.3 is 11.2 Å². The van der Waals surface area contributed by atoms with E-state index in [0.717, 1.165) is 16.7 Å². The summed E-state index contributed by atoms with van der Waals surface area (Å²) in [6.45, 7) is 4.19. The summed E-state index contributed by atoms with van der Waals surface area (Å²) >= 11 is 0. The number of nitrogens with zero attached hydrogens (tertiary/aromatic N) is 1. The fourth-order valence-corrected chi connectivity index (χ4v) is 2.08. The molecular weight excluding hydrogens is 260 g/mol. The van der Waals surface area contributed by atoms with E-state index in [4.69, 9.17) is 16.8 Å². The summed E-state index contributed by atoms with van der Waals surface area (Å²) in [7, 11) is 0. The summed E-state index contributed by atoms with van der Waals surface area (Å²) in [6, 6.07) is 16.0. The van der Waals surface area contributed by atoms with Crippen molar-refractivity contribution in [1.82, 2.24) is 5.43 Å². The molecule has 106 valence electrons. The summed E-state index contributed by atoms with van der Waals surface area (Å²) in [6.07, 6.45) is 0. The Balaban J connectivity index is 2.37. The number of hydrogen-bond acceptors (Lipinski definition) is 4. The quantitative estimate of drug-likeness (QED) is 0.457. The number of aryl methyl sites for hydroxylation is 2. The van der Waals surface area contributed by atoms with Crippen LogP contribution in [-0.2, 0) is 0 Å². The second kappa shape index (κ2) is 6.12. The first-order chi connectivity index (χ1) is 10.1. The van der Waals surface area contributed by atoms with Crippen molar-refractivity contribution in [1.29, 1.82) is 5.26 Å². The van der Waals surface area contributed by atoms with Gasteiger partial charge in [0.25, 0.3) is 0 Å². The molecule has 21 heavy (non-hydrogen) atoms. The zero-order chi connectivity index (χ0) is 15.4. The Morgan fingerprint density at radius 3 is 2.14 bits per heavy atom. The lowest BCUT2D eigenvalue weighted by Gasteiger charge is -2.08. The zero-order valence-electron chi connectivity index (χ0n) is 12.1. The van der Waals surface area contributed by atoms with Crippen LogP contribution in [0.1, 0.15) is 16.7 Å². The number of benzene rings is 2. The Kier molecular flexibility index (Phi) is 4.27. The van der Waals surface area contributed by atoms with Crippen molar-refractivity contribution < 1.29 is 0 Å². The van der Waals surface area contributed by atoms with Gasteiger partial charge in [-0.3, -0.25) is 0 Å². The molecule has 0 saturated carbocycles. The van der Waals surface area contributed by atoms with Gasteiger partial charge in [-0.15, -0.1) is 0 Å². The lowest BCUT2D eigenvalue weighted by molar-refractivity contribution is 0.920. The van der Waals surface area contributed by atoms with Gasteiger partial charge in [-0.25, -0.2) is 5.84 Å². The van der Waals surface area contributed by atoms with Crippen molar-refractivity contribution in [3.8, 4) is 17.2 Å². The van der Waals surface area contributed by atoms with Gasteiger partial charge in [-0.05, 0) is 36.1 Å². The Morgan fingerprint density at radius 2 is 1.62 bits per heavy atom. The van der Waals surface area contributed by atoms with Crippen molar-refractivity contribution in [2.45, 2.75) is 13.8 Å². The molecular formula is C17H18N4. The molecule has 0 atom stereocenters. The van der Waals surface area contributed by atoms with Gasteiger partial charge in [0, 0.05) is 5.56 Å². The standard InChI is InChI=1S/C17H18N4/c1-11-3-4-15(9-12(11)2)13-5-7-14(8-6-13)17(19)16(10-18)21-20/h3-9,21H,19-20H2,1-2H3/b17-16-. The maximum absolute atomic E-state index is 8.92. The van der Waals surface area contributed by atoms with Crippen LogP contribution in [0.4, 0.5) is 0 Å². The maximum Gasteiger partial charge on any atom is 0.151 e. The Morgan fingerprint density at radius 1 is 1.00 bits per heavy atom. The SMILES string of the molecule is Cc1ccc(-c2ccc(/C(N)=C(\C#N)NN)cc2)cc1C. The van der Waals surface area contributed by atoms with Crippen LogP contribution in [0.25, 0.3) is 16.8 Å². The number of nitriles is 1. The molecule has 0 spiro atoms. The van der Waals surface area contributed by atoms with Crippen LogP contribution in [-0.4, -0.2) is 0 Å². The Labute approximate surface area is 124 Å². The molecule has 0 fully saturated rings. The first-order valence-corrected chi connectivity index (χ1v) is 6.61. The van der Waals surface area contributed by atoms with Gasteiger partial charge in [0.05, 0.1) is 5.70 Å². The van der Waals surface area contributed by atoms with E-state index in [0.29, 0.717) is 5.70 Å². The monoisotopic (exact) mass is 278 g/mol. The van der Waals surface area contributed by atoms with Crippen LogP contribution in [0, 0.1) is 25.2 Å². The van der Waals surface area contributed by atoms with Crippen molar-refractivity contribution in [2.24, 2.45) is 11.6 Å². The third-order valence-corrected chi connectivity index (χ3v) is 3.56. The smallest absolute Gasteiger partial charge is 0.151 e. The van der Waals surface area contributed by atoms with Crippen molar-refractivity contribution in [3.05, 3.63) is 64.9 Å². The van der Waals surface area contributed by atoms with Gasteiger partial charge in [-0.2, -0.15) is 5.26 Å². The molecule has 2 aromatic rings. The topological polar surface area (TPSA) is 87.9 Å². The maximum atomic E-state index is 8.92. The molecule has 0 radical (unpaired) electrons. The number of nitrogens with one attached hydrogen (secondary N) is 1. The zero-order valence-corrected chi connectivity index (χ0v) is 12.1. The van der Waals surface area contributed by atoms with Crippen LogP contribution in [0.15, 0.2) is 48.2 Å². The predicted molar refractivity (Wildman–Crippen MR) is 85.4 cm³/mol. The van der Waals surface area contributed by atoms with Crippen molar-refractivity contribution >= 4 is 5.70 Å². The van der Waals surface area contributed by atoms with E-state index in [1.165, 1.54) is 11.1 Å². The molecule has 0 heterocycles. The van der Waals surface area contributed by atoms with Gasteiger partial charge in [0.15, 0.2) is 5.70 Å². The third kappa shape index (κ3) is 3.04. The molecule has 0 aliphatic rings. The molecule has 2 rings (SSSR count). The van der Waals surface area contributed by atoms with E-state index in [1.807, 2.05) is 30.3 Å². The van der Waals surface area contributed by atoms with Gasteiger partial charge in [0.1, 0.15) is 6.07 Å². The lowest BCUT2D eigenvalue weighted by Crippen LogP contribution is -2.23. The number of allylic oxidation sites excluding steroid dienone is 1.